The van der Waals surface area contributed by atoms with Crippen molar-refractivity contribution >= 4 is 17.4 Å². The maximum Gasteiger partial charge on any atom is 0.410 e. The first kappa shape index (κ1) is 20.5. The van der Waals surface area contributed by atoms with Gasteiger partial charge in [0.05, 0.1) is 6.20 Å². The summed E-state index contributed by atoms with van der Waals surface area (Å²) in [6.07, 6.45) is 4.64. The average molecular weight is 420 g/mol. The molecule has 0 aliphatic carbocycles. The van der Waals surface area contributed by atoms with Crippen LogP contribution in [0.25, 0.3) is 16.6 Å². The number of anilines is 1. The van der Waals surface area contributed by atoms with Crippen molar-refractivity contribution in [3.63, 3.8) is 0 Å². The summed E-state index contributed by atoms with van der Waals surface area (Å²) in [4.78, 5) is 20.6. The number of hydrogen-bond acceptors (Lipinski definition) is 7. The number of pyridine rings is 2. The van der Waals surface area contributed by atoms with Gasteiger partial charge in [0.15, 0.2) is 0 Å². The molecule has 1 aliphatic heterocycles. The molecule has 1 N–H and O–H groups in total. The standard InChI is InChI=1S/C22H24N6O3/c1-22(2,3)31-21(30)27-8-6-26(7-9-27)19-5-4-15(12-24-19)16-10-18(29)20-17(11-23)13-25-28(20)14-16/h4-5,10,12-14,29H,6-9H2,1-3H3. The molecule has 3 aromatic heterocycles. The second kappa shape index (κ2) is 7.80. The monoisotopic (exact) mass is 420 g/mol. The van der Waals surface area contributed by atoms with E-state index in [2.05, 4.69) is 15.0 Å². The summed E-state index contributed by atoms with van der Waals surface area (Å²) in [5.41, 5.74) is 1.77. The lowest BCUT2D eigenvalue weighted by Crippen LogP contribution is -2.50. The van der Waals surface area contributed by atoms with Crippen LogP contribution in [0.2, 0.25) is 0 Å². The molecule has 3 aromatic rings. The van der Waals surface area contributed by atoms with Crippen molar-refractivity contribution in [1.82, 2.24) is 19.5 Å². The number of rotatable bonds is 2. The molecule has 1 saturated heterocycles. The molecule has 0 bridgehead atoms. The van der Waals surface area contributed by atoms with Gasteiger partial charge in [0.1, 0.15) is 34.3 Å². The van der Waals surface area contributed by atoms with Gasteiger partial charge in [-0.2, -0.15) is 10.4 Å². The van der Waals surface area contributed by atoms with E-state index in [1.807, 2.05) is 39.0 Å². The largest absolute Gasteiger partial charge is 0.506 e. The molecule has 0 atom stereocenters. The number of piperazine rings is 1. The molecule has 9 nitrogen and oxygen atoms in total. The lowest BCUT2D eigenvalue weighted by molar-refractivity contribution is 0.0240. The first-order valence-corrected chi connectivity index (χ1v) is 10.0. The second-order valence-electron chi connectivity index (χ2n) is 8.44. The van der Waals surface area contributed by atoms with E-state index in [-0.39, 0.29) is 11.8 Å². The van der Waals surface area contributed by atoms with Gasteiger partial charge in [0.25, 0.3) is 0 Å². The maximum atomic E-state index is 12.2. The van der Waals surface area contributed by atoms with Crippen LogP contribution in [0.1, 0.15) is 26.3 Å². The van der Waals surface area contributed by atoms with Crippen LogP contribution in [0.3, 0.4) is 0 Å². The Morgan fingerprint density at radius 2 is 1.90 bits per heavy atom. The molecule has 31 heavy (non-hydrogen) atoms. The molecular weight excluding hydrogens is 396 g/mol. The van der Waals surface area contributed by atoms with Crippen LogP contribution in [-0.4, -0.2) is 62.5 Å². The minimum Gasteiger partial charge on any atom is -0.506 e. The smallest absolute Gasteiger partial charge is 0.410 e. The minimum absolute atomic E-state index is 0.00566. The lowest BCUT2D eigenvalue weighted by atomic mass is 10.1. The van der Waals surface area contributed by atoms with Gasteiger partial charge in [-0.25, -0.2) is 14.3 Å². The highest BCUT2D eigenvalue weighted by Crippen LogP contribution is 2.29. The molecule has 4 heterocycles. The summed E-state index contributed by atoms with van der Waals surface area (Å²) in [6.45, 7) is 8.06. The van der Waals surface area contributed by atoms with Crippen molar-refractivity contribution in [1.29, 1.82) is 5.26 Å². The highest BCUT2D eigenvalue weighted by atomic mass is 16.6. The van der Waals surface area contributed by atoms with E-state index in [1.54, 1.807) is 23.4 Å². The number of aromatic nitrogens is 3. The van der Waals surface area contributed by atoms with Crippen molar-refractivity contribution in [3.8, 4) is 22.9 Å². The van der Waals surface area contributed by atoms with E-state index in [0.29, 0.717) is 37.3 Å². The first-order valence-electron chi connectivity index (χ1n) is 10.0. The predicted octanol–water partition coefficient (Wildman–Crippen LogP) is 3.03. The van der Waals surface area contributed by atoms with Crippen LogP contribution in [0.15, 0.2) is 36.8 Å². The van der Waals surface area contributed by atoms with E-state index in [4.69, 9.17) is 10.00 Å². The Labute approximate surface area is 180 Å². The van der Waals surface area contributed by atoms with Crippen LogP contribution in [0, 0.1) is 11.3 Å². The number of carbonyl (C=O) groups is 1. The van der Waals surface area contributed by atoms with E-state index in [1.165, 1.54) is 10.7 Å². The van der Waals surface area contributed by atoms with Gasteiger partial charge >= 0.3 is 6.09 Å². The zero-order valence-corrected chi connectivity index (χ0v) is 17.7. The zero-order valence-electron chi connectivity index (χ0n) is 17.7. The Hall–Kier alpha value is -3.80. The van der Waals surface area contributed by atoms with Crippen LogP contribution >= 0.6 is 0 Å². The first-order chi connectivity index (χ1) is 14.7. The van der Waals surface area contributed by atoms with Crippen LogP contribution < -0.4 is 4.90 Å². The van der Waals surface area contributed by atoms with Gasteiger partial charge in [-0.1, -0.05) is 0 Å². The molecular formula is C22H24N6O3. The van der Waals surface area contributed by atoms with Gasteiger partial charge in [0, 0.05) is 49.7 Å². The number of aromatic hydroxyl groups is 1. The molecule has 0 spiro atoms. The molecule has 4 rings (SSSR count). The fourth-order valence-electron chi connectivity index (χ4n) is 3.53. The Morgan fingerprint density at radius 1 is 1.16 bits per heavy atom. The Kier molecular flexibility index (Phi) is 5.15. The van der Waals surface area contributed by atoms with Crippen molar-refractivity contribution in [2.75, 3.05) is 31.1 Å². The Morgan fingerprint density at radius 3 is 2.52 bits per heavy atom. The van der Waals surface area contributed by atoms with Gasteiger partial charge in [-0.3, -0.25) is 0 Å². The van der Waals surface area contributed by atoms with Gasteiger partial charge in [-0.05, 0) is 39.0 Å². The van der Waals surface area contributed by atoms with E-state index >= 15 is 0 Å². The predicted molar refractivity (Wildman–Crippen MR) is 115 cm³/mol. The maximum absolute atomic E-state index is 12.2. The van der Waals surface area contributed by atoms with Crippen LogP contribution in [0.5, 0.6) is 5.75 Å². The van der Waals surface area contributed by atoms with Crippen molar-refractivity contribution < 1.29 is 14.6 Å². The number of ether oxygens (including phenoxy) is 1. The fourth-order valence-corrected chi connectivity index (χ4v) is 3.53. The number of hydrogen-bond donors (Lipinski definition) is 1. The fraction of sp³-hybridized carbons (Fsp3) is 0.364. The Balaban J connectivity index is 1.45. The highest BCUT2D eigenvalue weighted by Gasteiger charge is 2.26. The third-order valence-electron chi connectivity index (χ3n) is 5.05. The van der Waals surface area contributed by atoms with Crippen molar-refractivity contribution in [2.45, 2.75) is 26.4 Å². The quantitative estimate of drug-likeness (QED) is 0.679. The molecule has 1 aliphatic rings. The highest BCUT2D eigenvalue weighted by molar-refractivity contribution is 5.75. The second-order valence-corrected chi connectivity index (χ2v) is 8.44. The molecule has 0 unspecified atom stereocenters. The molecule has 9 heteroatoms. The lowest BCUT2D eigenvalue weighted by Gasteiger charge is -2.36. The molecule has 1 amide bonds. The number of carbonyl (C=O) groups excluding carboxylic acids is 1. The third kappa shape index (κ3) is 4.23. The van der Waals surface area contributed by atoms with E-state index < -0.39 is 5.60 Å². The average Bonchev–Trinajstić information content (AvgIpc) is 3.16. The Bertz CT molecular complexity index is 1150. The normalized spacial score (nSPS) is 14.5. The van der Waals surface area contributed by atoms with Crippen molar-refractivity contribution in [2.24, 2.45) is 0 Å². The summed E-state index contributed by atoms with van der Waals surface area (Å²) in [5.74, 6) is 0.817. The van der Waals surface area contributed by atoms with Crippen molar-refractivity contribution in [3.05, 3.63) is 42.4 Å². The van der Waals surface area contributed by atoms with Crippen LogP contribution in [0.4, 0.5) is 10.6 Å². The third-order valence-corrected chi connectivity index (χ3v) is 5.05. The summed E-state index contributed by atoms with van der Waals surface area (Å²) in [5, 5.41) is 23.6. The molecule has 0 radical (unpaired) electrons. The number of amides is 1. The SMILES string of the molecule is CC(C)(C)OC(=O)N1CCN(c2ccc(-c3cc(O)c4c(C#N)cnn4c3)cn2)CC1. The molecule has 0 aromatic carbocycles. The molecule has 1 fully saturated rings. The molecule has 0 saturated carbocycles. The van der Waals surface area contributed by atoms with E-state index in [0.717, 1.165) is 16.9 Å². The van der Waals surface area contributed by atoms with Gasteiger partial charge in [-0.15, -0.1) is 0 Å². The summed E-state index contributed by atoms with van der Waals surface area (Å²) in [6, 6.07) is 7.48. The summed E-state index contributed by atoms with van der Waals surface area (Å²) >= 11 is 0. The number of nitrogens with zero attached hydrogens (tertiary/aromatic N) is 6. The number of nitriles is 1. The summed E-state index contributed by atoms with van der Waals surface area (Å²) < 4.78 is 6.93. The van der Waals surface area contributed by atoms with Gasteiger partial charge in [0.2, 0.25) is 0 Å². The summed E-state index contributed by atoms with van der Waals surface area (Å²) in [7, 11) is 0. The topological polar surface area (TPSA) is 107 Å². The minimum atomic E-state index is -0.505. The molecule has 160 valence electrons. The van der Waals surface area contributed by atoms with Gasteiger partial charge < -0.3 is 19.6 Å². The zero-order chi connectivity index (χ0) is 22.2. The van der Waals surface area contributed by atoms with E-state index in [9.17, 15) is 9.90 Å². The number of fused-ring (bicyclic) bond motifs is 1. The van der Waals surface area contributed by atoms with Crippen LogP contribution in [-0.2, 0) is 4.74 Å².